The molecule has 3 rings (SSSR count). The molecule has 1 N–H and O–H groups in total. The first kappa shape index (κ1) is 19.0. The van der Waals surface area contributed by atoms with Gasteiger partial charge in [-0.2, -0.15) is 5.10 Å². The number of nitrogens with zero attached hydrogens (tertiary/aromatic N) is 2. The van der Waals surface area contributed by atoms with Crippen LogP contribution in [0, 0.1) is 10.1 Å². The topological polar surface area (TPSA) is 84.6 Å². The molecule has 0 saturated heterocycles. The number of nitro groups is 1. The van der Waals surface area contributed by atoms with E-state index in [0.717, 1.165) is 11.1 Å². The fourth-order valence-corrected chi connectivity index (χ4v) is 2.90. The molecule has 140 valence electrons. The van der Waals surface area contributed by atoms with E-state index in [-0.39, 0.29) is 11.6 Å². The lowest BCUT2D eigenvalue weighted by molar-refractivity contribution is -0.384. The van der Waals surface area contributed by atoms with E-state index in [4.69, 9.17) is 0 Å². The molecule has 0 heterocycles. The zero-order chi connectivity index (χ0) is 19.9. The average Bonchev–Trinajstić information content (AvgIpc) is 2.74. The summed E-state index contributed by atoms with van der Waals surface area (Å²) in [4.78, 5) is 23.4. The fourth-order valence-electron chi connectivity index (χ4n) is 2.90. The molecule has 6 nitrogen and oxygen atoms in total. The number of carbonyl (C=O) groups is 1. The molecule has 0 spiro atoms. The highest BCUT2D eigenvalue weighted by Crippen LogP contribution is 2.24. The molecule has 0 aliphatic heterocycles. The van der Waals surface area contributed by atoms with E-state index >= 15 is 0 Å². The number of amides is 1. The first-order valence-electron chi connectivity index (χ1n) is 8.75. The molecule has 0 unspecified atom stereocenters. The molecule has 0 aliphatic rings. The van der Waals surface area contributed by atoms with Crippen molar-refractivity contribution in [2.45, 2.75) is 12.8 Å². The van der Waals surface area contributed by atoms with Gasteiger partial charge in [0.25, 0.3) is 11.6 Å². The van der Waals surface area contributed by atoms with Gasteiger partial charge in [-0.25, -0.2) is 5.43 Å². The molecule has 28 heavy (non-hydrogen) atoms. The summed E-state index contributed by atoms with van der Waals surface area (Å²) >= 11 is 0. The second-order valence-corrected chi connectivity index (χ2v) is 6.24. The summed E-state index contributed by atoms with van der Waals surface area (Å²) in [6.45, 7) is 1.69. The van der Waals surface area contributed by atoms with Crippen LogP contribution in [0.4, 0.5) is 5.69 Å². The first-order valence-corrected chi connectivity index (χ1v) is 8.75. The predicted octanol–water partition coefficient (Wildman–Crippen LogP) is 4.27. The molecule has 0 radical (unpaired) electrons. The van der Waals surface area contributed by atoms with Crippen LogP contribution in [-0.2, 0) is 4.79 Å². The molecular formula is C22H19N3O3. The van der Waals surface area contributed by atoms with Crippen LogP contribution < -0.4 is 5.43 Å². The molecule has 3 aromatic rings. The van der Waals surface area contributed by atoms with Gasteiger partial charge in [-0.1, -0.05) is 72.8 Å². The third kappa shape index (κ3) is 4.48. The number of non-ortho nitro benzene ring substituents is 1. The molecule has 0 aliphatic carbocycles. The maximum atomic E-state index is 12.9. The lowest BCUT2D eigenvalue weighted by Gasteiger charge is -2.16. The monoisotopic (exact) mass is 373 g/mol. The van der Waals surface area contributed by atoms with E-state index in [2.05, 4.69) is 10.5 Å². The van der Waals surface area contributed by atoms with Crippen molar-refractivity contribution in [3.8, 4) is 0 Å². The van der Waals surface area contributed by atoms with Gasteiger partial charge < -0.3 is 0 Å². The van der Waals surface area contributed by atoms with Crippen molar-refractivity contribution in [2.24, 2.45) is 5.10 Å². The van der Waals surface area contributed by atoms with Crippen LogP contribution in [0.15, 0.2) is 90.0 Å². The van der Waals surface area contributed by atoms with Crippen molar-refractivity contribution in [1.82, 2.24) is 5.43 Å². The third-order valence-electron chi connectivity index (χ3n) is 4.34. The van der Waals surface area contributed by atoms with Crippen LogP contribution in [0.5, 0.6) is 0 Å². The summed E-state index contributed by atoms with van der Waals surface area (Å²) in [7, 11) is 0. The SMILES string of the molecule is CC(=NNC(=O)C(c1ccccc1)c1ccccc1)c1cccc([N+](=O)[O-])c1. The van der Waals surface area contributed by atoms with Gasteiger partial charge in [0.1, 0.15) is 0 Å². The van der Waals surface area contributed by atoms with Crippen LogP contribution >= 0.6 is 0 Å². The number of benzene rings is 3. The summed E-state index contributed by atoms with van der Waals surface area (Å²) in [5.74, 6) is -0.786. The Bertz CT molecular complexity index is 962. The van der Waals surface area contributed by atoms with Gasteiger partial charge in [-0.15, -0.1) is 0 Å². The van der Waals surface area contributed by atoms with Gasteiger partial charge in [0.15, 0.2) is 0 Å². The van der Waals surface area contributed by atoms with Crippen molar-refractivity contribution < 1.29 is 9.72 Å². The van der Waals surface area contributed by atoms with Crippen molar-refractivity contribution in [3.05, 3.63) is 112 Å². The number of hydrazone groups is 1. The Balaban J connectivity index is 1.85. The van der Waals surface area contributed by atoms with E-state index in [0.29, 0.717) is 11.3 Å². The zero-order valence-electron chi connectivity index (χ0n) is 15.3. The van der Waals surface area contributed by atoms with Crippen molar-refractivity contribution in [2.75, 3.05) is 0 Å². The Morgan fingerprint density at radius 1 is 0.929 bits per heavy atom. The highest BCUT2D eigenvalue weighted by Gasteiger charge is 2.22. The number of carbonyl (C=O) groups excluding carboxylic acids is 1. The van der Waals surface area contributed by atoms with Gasteiger partial charge >= 0.3 is 0 Å². The van der Waals surface area contributed by atoms with E-state index in [1.807, 2.05) is 60.7 Å². The fraction of sp³-hybridized carbons (Fsp3) is 0.0909. The second kappa shape index (κ2) is 8.73. The maximum absolute atomic E-state index is 12.9. The van der Waals surface area contributed by atoms with E-state index in [1.54, 1.807) is 19.1 Å². The molecule has 1 amide bonds. The number of hydrogen-bond acceptors (Lipinski definition) is 4. The summed E-state index contributed by atoms with van der Waals surface area (Å²) in [6, 6.07) is 25.1. The minimum Gasteiger partial charge on any atom is -0.272 e. The molecule has 0 fully saturated rings. The van der Waals surface area contributed by atoms with Crippen molar-refractivity contribution >= 4 is 17.3 Å². The van der Waals surface area contributed by atoms with Gasteiger partial charge in [0.05, 0.1) is 16.6 Å². The number of nitro benzene ring substituents is 1. The highest BCUT2D eigenvalue weighted by atomic mass is 16.6. The second-order valence-electron chi connectivity index (χ2n) is 6.24. The normalized spacial score (nSPS) is 11.3. The molecule has 6 heteroatoms. The van der Waals surface area contributed by atoms with Gasteiger partial charge in [-0.3, -0.25) is 14.9 Å². The lowest BCUT2D eigenvalue weighted by Crippen LogP contribution is -2.27. The summed E-state index contributed by atoms with van der Waals surface area (Å²) in [5, 5.41) is 15.1. The molecule has 0 aromatic heterocycles. The molecule has 3 aromatic carbocycles. The third-order valence-corrected chi connectivity index (χ3v) is 4.34. The van der Waals surface area contributed by atoms with Gasteiger partial charge in [0.2, 0.25) is 0 Å². The molecular weight excluding hydrogens is 354 g/mol. The van der Waals surface area contributed by atoms with Crippen LogP contribution in [0.1, 0.15) is 29.5 Å². The van der Waals surface area contributed by atoms with Crippen LogP contribution in [0.3, 0.4) is 0 Å². The standard InChI is InChI=1S/C22H19N3O3/c1-16(19-13-8-14-20(15-19)25(27)28)23-24-22(26)21(17-9-4-2-5-10-17)18-11-6-3-7-12-18/h2-15,21H,1H3,(H,24,26). The number of rotatable bonds is 6. The maximum Gasteiger partial charge on any atom is 0.270 e. The van der Waals surface area contributed by atoms with Gasteiger partial charge in [0, 0.05) is 17.7 Å². The van der Waals surface area contributed by atoms with Crippen LogP contribution in [0.25, 0.3) is 0 Å². The van der Waals surface area contributed by atoms with E-state index in [1.165, 1.54) is 12.1 Å². The summed E-state index contributed by atoms with van der Waals surface area (Å²) < 4.78 is 0. The number of nitrogens with one attached hydrogen (secondary N) is 1. The smallest absolute Gasteiger partial charge is 0.270 e. The largest absolute Gasteiger partial charge is 0.272 e. The highest BCUT2D eigenvalue weighted by molar-refractivity contribution is 6.00. The summed E-state index contributed by atoms with van der Waals surface area (Å²) in [5.41, 5.74) is 5.35. The Hall–Kier alpha value is -3.80. The average molecular weight is 373 g/mol. The lowest BCUT2D eigenvalue weighted by atomic mass is 9.91. The quantitative estimate of drug-likeness (QED) is 0.398. The Morgan fingerprint density at radius 2 is 1.50 bits per heavy atom. The summed E-state index contributed by atoms with van der Waals surface area (Å²) in [6.07, 6.45) is 0. The van der Waals surface area contributed by atoms with Crippen molar-refractivity contribution in [1.29, 1.82) is 0 Å². The minimum absolute atomic E-state index is 0.0233. The zero-order valence-corrected chi connectivity index (χ0v) is 15.3. The number of hydrogen-bond donors (Lipinski definition) is 1. The van der Waals surface area contributed by atoms with Crippen molar-refractivity contribution in [3.63, 3.8) is 0 Å². The Morgan fingerprint density at radius 3 is 2.04 bits per heavy atom. The Kier molecular flexibility index (Phi) is 5.91. The minimum atomic E-state index is -0.510. The first-order chi connectivity index (χ1) is 13.6. The molecule has 0 saturated carbocycles. The van der Waals surface area contributed by atoms with Crippen LogP contribution in [-0.4, -0.2) is 16.5 Å². The molecule has 0 bridgehead atoms. The van der Waals surface area contributed by atoms with Gasteiger partial charge in [-0.05, 0) is 18.1 Å². The predicted molar refractivity (Wildman–Crippen MR) is 108 cm³/mol. The van der Waals surface area contributed by atoms with Crippen LogP contribution in [0.2, 0.25) is 0 Å². The van der Waals surface area contributed by atoms with E-state index in [9.17, 15) is 14.9 Å². The Labute approximate surface area is 162 Å². The molecule has 0 atom stereocenters. The van der Waals surface area contributed by atoms with E-state index < -0.39 is 10.8 Å².